The van der Waals surface area contributed by atoms with Gasteiger partial charge in [0.1, 0.15) is 29.7 Å². The highest BCUT2D eigenvalue weighted by atomic mass is 19.1. The summed E-state index contributed by atoms with van der Waals surface area (Å²) in [5.74, 6) is 0.957. The molecule has 0 N–H and O–H groups in total. The maximum atomic E-state index is 16.7. The van der Waals surface area contributed by atoms with Crippen molar-refractivity contribution in [2.75, 3.05) is 51.3 Å². The molecular weight excluding hydrogens is 545 g/mol. The lowest BCUT2D eigenvalue weighted by atomic mass is 9.73. The van der Waals surface area contributed by atoms with E-state index in [1.807, 2.05) is 17.0 Å². The summed E-state index contributed by atoms with van der Waals surface area (Å²) in [5, 5.41) is 0.491. The van der Waals surface area contributed by atoms with Crippen LogP contribution in [0, 0.1) is 18.3 Å². The van der Waals surface area contributed by atoms with Crippen LogP contribution < -0.4 is 9.64 Å². The molecule has 10 heteroatoms. The van der Waals surface area contributed by atoms with Gasteiger partial charge in [0.05, 0.1) is 5.39 Å². The fourth-order valence-electron chi connectivity index (χ4n) is 7.50. The number of hydrogen-bond donors (Lipinski definition) is 0. The second-order valence-electron chi connectivity index (χ2n) is 12.3. The SMILES string of the molecule is [C-]#[N+]C[C@H]1CN(c2nc(OC[C@@H]3CCCN3C)nc3c(F)c(-c4cccc5c4C4CCC4C5)ncc23)CCN1C(=O)C=C. The fourth-order valence-corrected chi connectivity index (χ4v) is 7.50. The number of likely N-dealkylation sites (tertiary alicyclic amines) is 1. The molecular formula is C33H36FN7O2. The molecule has 2 unspecified atom stereocenters. The first-order chi connectivity index (χ1) is 21.0. The minimum Gasteiger partial charge on any atom is -0.462 e. The minimum atomic E-state index is -0.474. The second kappa shape index (κ2) is 11.2. The number of hydrogen-bond acceptors (Lipinski definition) is 7. The molecule has 1 aromatic carbocycles. The standard InChI is InChI=1S/C33H36FN7O2/c1-4-27(42)41-14-13-40(18-23(41)16-35-2)32-26-17-36-30(25-9-5-7-21-15-20-10-11-24(20)28(21)25)29(34)31(26)37-33(38-32)43-19-22-8-6-12-39(22)3/h4-5,7,9,17,20,22-24H,1,6,8,10-16,18-19H2,3H3/t20?,22-,23-,24?/m0/s1. The third kappa shape index (κ3) is 4.80. The number of anilines is 1. The molecule has 1 amide bonds. The minimum absolute atomic E-state index is 0.127. The normalized spacial score (nSPS) is 24.8. The Balaban J connectivity index is 1.30. The number of aromatic nitrogens is 3. The summed E-state index contributed by atoms with van der Waals surface area (Å²) in [6, 6.07) is 6.18. The third-order valence-corrected chi connectivity index (χ3v) is 9.98. The van der Waals surface area contributed by atoms with Gasteiger partial charge in [-0.25, -0.2) is 11.0 Å². The predicted molar refractivity (Wildman–Crippen MR) is 162 cm³/mol. The molecule has 3 fully saturated rings. The van der Waals surface area contributed by atoms with Gasteiger partial charge in [-0.05, 0) is 74.7 Å². The van der Waals surface area contributed by atoms with Gasteiger partial charge in [-0.1, -0.05) is 24.8 Å². The molecule has 222 valence electrons. The molecule has 4 aliphatic rings. The first kappa shape index (κ1) is 27.7. The zero-order valence-electron chi connectivity index (χ0n) is 24.5. The van der Waals surface area contributed by atoms with Gasteiger partial charge in [-0.15, -0.1) is 0 Å². The van der Waals surface area contributed by atoms with Crippen LogP contribution in [0.2, 0.25) is 0 Å². The van der Waals surface area contributed by atoms with Gasteiger partial charge < -0.3 is 24.3 Å². The van der Waals surface area contributed by atoms with E-state index in [-0.39, 0.29) is 36.1 Å². The van der Waals surface area contributed by atoms with Gasteiger partial charge in [0.25, 0.3) is 0 Å². The van der Waals surface area contributed by atoms with Crippen LogP contribution in [0.3, 0.4) is 0 Å². The van der Waals surface area contributed by atoms with Crippen molar-refractivity contribution >= 4 is 22.6 Å². The van der Waals surface area contributed by atoms with Gasteiger partial charge in [0.15, 0.2) is 5.82 Å². The molecule has 9 nitrogen and oxygen atoms in total. The number of piperazine rings is 1. The third-order valence-electron chi connectivity index (χ3n) is 9.98. The van der Waals surface area contributed by atoms with E-state index in [0.717, 1.165) is 37.8 Å². The summed E-state index contributed by atoms with van der Waals surface area (Å²) in [7, 11) is 2.08. The number of likely N-dealkylation sites (N-methyl/N-ethyl adjacent to an activating group) is 1. The smallest absolute Gasteiger partial charge is 0.319 e. The average Bonchev–Trinajstić information content (AvgIpc) is 3.54. The van der Waals surface area contributed by atoms with Crippen molar-refractivity contribution in [1.82, 2.24) is 24.8 Å². The number of benzene rings is 1. The second-order valence-corrected chi connectivity index (χ2v) is 12.3. The first-order valence-electron chi connectivity index (χ1n) is 15.3. The lowest BCUT2D eigenvalue weighted by molar-refractivity contribution is -0.128. The van der Waals surface area contributed by atoms with E-state index in [9.17, 15) is 4.79 Å². The van der Waals surface area contributed by atoms with Crippen molar-refractivity contribution in [2.45, 2.75) is 50.1 Å². The summed E-state index contributed by atoms with van der Waals surface area (Å²) in [5.41, 5.74) is 3.89. The molecule has 0 spiro atoms. The van der Waals surface area contributed by atoms with Gasteiger partial charge in [0.2, 0.25) is 12.5 Å². The highest BCUT2D eigenvalue weighted by molar-refractivity contribution is 5.93. The van der Waals surface area contributed by atoms with E-state index in [2.05, 4.69) is 34.4 Å². The molecule has 2 aliphatic heterocycles. The Labute approximate surface area is 251 Å². The summed E-state index contributed by atoms with van der Waals surface area (Å²) in [6.45, 7) is 13.9. The largest absolute Gasteiger partial charge is 0.462 e. The molecule has 4 atom stereocenters. The van der Waals surface area contributed by atoms with E-state index in [0.29, 0.717) is 55.0 Å². The quantitative estimate of drug-likeness (QED) is 0.301. The number of rotatable bonds is 7. The zero-order valence-corrected chi connectivity index (χ0v) is 24.5. The van der Waals surface area contributed by atoms with E-state index >= 15 is 4.39 Å². The average molecular weight is 582 g/mol. The summed E-state index contributed by atoms with van der Waals surface area (Å²) in [4.78, 5) is 36.2. The number of halogens is 1. The van der Waals surface area contributed by atoms with E-state index in [1.54, 1.807) is 11.1 Å². The van der Waals surface area contributed by atoms with Crippen molar-refractivity contribution in [1.29, 1.82) is 0 Å². The van der Waals surface area contributed by atoms with Crippen molar-refractivity contribution in [3.8, 4) is 17.3 Å². The Morgan fingerprint density at radius 1 is 1.21 bits per heavy atom. The van der Waals surface area contributed by atoms with Gasteiger partial charge in [0, 0.05) is 37.4 Å². The molecule has 2 saturated heterocycles. The fraction of sp³-hybridized carbons (Fsp3) is 0.485. The number of ether oxygens (including phenoxy) is 1. The zero-order chi connectivity index (χ0) is 29.7. The summed E-state index contributed by atoms with van der Waals surface area (Å²) < 4.78 is 22.8. The molecule has 2 aliphatic carbocycles. The maximum Gasteiger partial charge on any atom is 0.319 e. The summed E-state index contributed by atoms with van der Waals surface area (Å²) in [6.07, 6.45) is 8.50. The number of amides is 1. The van der Waals surface area contributed by atoms with Gasteiger partial charge in [-0.2, -0.15) is 9.97 Å². The van der Waals surface area contributed by atoms with E-state index in [1.165, 1.54) is 23.6 Å². The van der Waals surface area contributed by atoms with Crippen LogP contribution >= 0.6 is 0 Å². The van der Waals surface area contributed by atoms with E-state index in [4.69, 9.17) is 21.3 Å². The highest BCUT2D eigenvalue weighted by Crippen LogP contribution is 2.54. The molecule has 1 saturated carbocycles. The van der Waals surface area contributed by atoms with Crippen LogP contribution in [0.1, 0.15) is 42.7 Å². The van der Waals surface area contributed by atoms with Crippen LogP contribution in [-0.2, 0) is 11.2 Å². The maximum absolute atomic E-state index is 16.7. The van der Waals surface area contributed by atoms with Crippen LogP contribution in [-0.4, -0.2) is 89.1 Å². The molecule has 7 rings (SSSR count). The number of nitrogens with zero attached hydrogens (tertiary/aromatic N) is 7. The lowest BCUT2D eigenvalue weighted by Gasteiger charge is -2.39. The summed E-state index contributed by atoms with van der Waals surface area (Å²) >= 11 is 0. The topological polar surface area (TPSA) is 79.1 Å². The highest BCUT2D eigenvalue weighted by Gasteiger charge is 2.41. The number of fused-ring (bicyclic) bond motifs is 4. The van der Waals surface area contributed by atoms with Crippen molar-refractivity contribution in [3.05, 3.63) is 65.4 Å². The monoisotopic (exact) mass is 581 g/mol. The van der Waals surface area contributed by atoms with Crippen LogP contribution in [0.25, 0.3) is 27.0 Å². The number of carbonyl (C=O) groups excluding carboxylic acids is 1. The van der Waals surface area contributed by atoms with E-state index < -0.39 is 5.82 Å². The Bertz CT molecular complexity index is 1640. The first-order valence-corrected chi connectivity index (χ1v) is 15.3. The Morgan fingerprint density at radius 3 is 2.84 bits per heavy atom. The molecule has 43 heavy (non-hydrogen) atoms. The predicted octanol–water partition coefficient (Wildman–Crippen LogP) is 4.48. The van der Waals surface area contributed by atoms with Crippen LogP contribution in [0.4, 0.5) is 10.2 Å². The van der Waals surface area contributed by atoms with Gasteiger partial charge in [-0.3, -0.25) is 9.78 Å². The van der Waals surface area contributed by atoms with Crippen LogP contribution in [0.15, 0.2) is 37.1 Å². The number of pyridine rings is 1. The van der Waals surface area contributed by atoms with Crippen molar-refractivity contribution in [2.24, 2.45) is 5.92 Å². The molecule has 4 heterocycles. The van der Waals surface area contributed by atoms with Crippen molar-refractivity contribution in [3.63, 3.8) is 0 Å². The Kier molecular flexibility index (Phi) is 7.21. The lowest BCUT2D eigenvalue weighted by Crippen LogP contribution is -2.56. The molecule has 2 aromatic heterocycles. The molecule has 0 bridgehead atoms. The molecule has 3 aromatic rings. The molecule has 0 radical (unpaired) electrons. The number of carbonyl (C=O) groups is 1. The van der Waals surface area contributed by atoms with Crippen LogP contribution in [0.5, 0.6) is 6.01 Å². The van der Waals surface area contributed by atoms with Crippen molar-refractivity contribution < 1.29 is 13.9 Å². The van der Waals surface area contributed by atoms with Gasteiger partial charge >= 0.3 is 6.01 Å². The Morgan fingerprint density at radius 2 is 2.09 bits per heavy atom. The Hall–Kier alpha value is -4.10.